The van der Waals surface area contributed by atoms with Crippen molar-refractivity contribution in [2.24, 2.45) is 0 Å². The molecule has 18 heavy (non-hydrogen) atoms. The van der Waals surface area contributed by atoms with Crippen LogP contribution in [0.5, 0.6) is 0 Å². The third-order valence-corrected chi connectivity index (χ3v) is 4.89. The topological polar surface area (TPSA) is 66.4 Å². The summed E-state index contributed by atoms with van der Waals surface area (Å²) in [4.78, 5) is 24.0. The molecule has 0 aromatic carbocycles. The molecule has 0 spiro atoms. The summed E-state index contributed by atoms with van der Waals surface area (Å²) >= 11 is 4.60. The highest BCUT2D eigenvalue weighted by molar-refractivity contribution is 9.11. The normalized spacial score (nSPS) is 18.3. The lowest BCUT2D eigenvalue weighted by atomic mass is 9.81. The number of hydrogen-bond donors (Lipinski definition) is 2. The summed E-state index contributed by atoms with van der Waals surface area (Å²) in [5.74, 6) is -1.22. The first kappa shape index (κ1) is 13.5. The van der Waals surface area contributed by atoms with Crippen molar-refractivity contribution in [1.29, 1.82) is 0 Å². The summed E-state index contributed by atoms with van der Waals surface area (Å²) in [6, 6.07) is 3.48. The maximum Gasteiger partial charge on any atom is 0.329 e. The van der Waals surface area contributed by atoms with Gasteiger partial charge in [-0.15, -0.1) is 11.3 Å². The second-order valence-corrected chi connectivity index (χ2v) is 6.97. The van der Waals surface area contributed by atoms with E-state index in [4.69, 9.17) is 0 Å². The Morgan fingerprint density at radius 1 is 1.28 bits per heavy atom. The lowest BCUT2D eigenvalue weighted by Gasteiger charge is -2.33. The lowest BCUT2D eigenvalue weighted by molar-refractivity contribution is -0.145. The van der Waals surface area contributed by atoms with E-state index < -0.39 is 11.5 Å². The summed E-state index contributed by atoms with van der Waals surface area (Å²) in [7, 11) is 0. The van der Waals surface area contributed by atoms with Crippen molar-refractivity contribution in [1.82, 2.24) is 5.32 Å². The number of nitrogens with one attached hydrogen (secondary N) is 1. The fraction of sp³-hybridized carbons (Fsp3) is 0.500. The van der Waals surface area contributed by atoms with Crippen LogP contribution in [0.4, 0.5) is 0 Å². The Morgan fingerprint density at radius 2 is 1.94 bits per heavy atom. The average Bonchev–Trinajstić information content (AvgIpc) is 2.77. The Kier molecular flexibility index (Phi) is 4.07. The molecular weight excluding hydrogens is 318 g/mol. The first-order chi connectivity index (χ1) is 8.53. The number of amides is 1. The minimum atomic E-state index is -1.08. The van der Waals surface area contributed by atoms with Crippen molar-refractivity contribution >= 4 is 39.1 Å². The van der Waals surface area contributed by atoms with E-state index in [1.54, 1.807) is 12.1 Å². The van der Waals surface area contributed by atoms with Gasteiger partial charge < -0.3 is 10.4 Å². The number of carboxylic acids is 1. The highest BCUT2D eigenvalue weighted by Gasteiger charge is 2.41. The predicted octanol–water partition coefficient (Wildman–Crippen LogP) is 3.03. The van der Waals surface area contributed by atoms with Crippen LogP contribution in [0.2, 0.25) is 0 Å². The van der Waals surface area contributed by atoms with Gasteiger partial charge in [0.1, 0.15) is 5.54 Å². The number of carbonyl (C=O) groups excluding carboxylic acids is 1. The molecule has 0 radical (unpaired) electrons. The molecule has 0 bridgehead atoms. The first-order valence-electron chi connectivity index (χ1n) is 5.85. The van der Waals surface area contributed by atoms with Crippen molar-refractivity contribution in [2.45, 2.75) is 37.6 Å². The SMILES string of the molecule is O=C(NC1(C(=O)O)CCCCC1)c1ccc(Br)s1. The molecule has 1 heterocycles. The third-order valence-electron chi connectivity index (χ3n) is 3.27. The molecule has 1 aromatic rings. The number of rotatable bonds is 3. The Morgan fingerprint density at radius 3 is 2.44 bits per heavy atom. The monoisotopic (exact) mass is 331 g/mol. The summed E-state index contributed by atoms with van der Waals surface area (Å²) in [6.07, 6.45) is 3.76. The molecule has 1 aliphatic carbocycles. The van der Waals surface area contributed by atoms with E-state index in [1.165, 1.54) is 11.3 Å². The van der Waals surface area contributed by atoms with E-state index in [0.29, 0.717) is 17.7 Å². The summed E-state index contributed by atoms with van der Waals surface area (Å²) in [6.45, 7) is 0. The van der Waals surface area contributed by atoms with Crippen LogP contribution in [0.15, 0.2) is 15.9 Å². The predicted molar refractivity (Wildman–Crippen MR) is 72.9 cm³/mol. The Labute approximate surface area is 118 Å². The van der Waals surface area contributed by atoms with Crippen LogP contribution in [-0.4, -0.2) is 22.5 Å². The van der Waals surface area contributed by atoms with E-state index in [9.17, 15) is 14.7 Å². The van der Waals surface area contributed by atoms with Gasteiger partial charge in [0, 0.05) is 0 Å². The maximum atomic E-state index is 12.1. The van der Waals surface area contributed by atoms with Gasteiger partial charge in [0.05, 0.1) is 8.66 Å². The zero-order chi connectivity index (χ0) is 13.2. The molecule has 4 nitrogen and oxygen atoms in total. The number of aliphatic carboxylic acids is 1. The molecule has 1 aromatic heterocycles. The standard InChI is InChI=1S/C12H14BrNO3S/c13-9-5-4-8(18-9)10(15)14-12(11(16)17)6-2-1-3-7-12/h4-5H,1-3,6-7H2,(H,14,15)(H,16,17). The minimum Gasteiger partial charge on any atom is -0.480 e. The number of thiophene rings is 1. The van der Waals surface area contributed by atoms with Gasteiger partial charge in [0.25, 0.3) is 5.91 Å². The number of carboxylic acid groups (broad SMARTS) is 1. The zero-order valence-electron chi connectivity index (χ0n) is 9.74. The largest absolute Gasteiger partial charge is 0.480 e. The van der Waals surface area contributed by atoms with Gasteiger partial charge in [-0.3, -0.25) is 4.79 Å². The molecule has 0 atom stereocenters. The zero-order valence-corrected chi connectivity index (χ0v) is 12.1. The lowest BCUT2D eigenvalue weighted by Crippen LogP contribution is -2.55. The van der Waals surface area contributed by atoms with Crippen LogP contribution in [-0.2, 0) is 4.79 Å². The van der Waals surface area contributed by atoms with Crippen LogP contribution in [0.3, 0.4) is 0 Å². The fourth-order valence-electron chi connectivity index (χ4n) is 2.26. The molecule has 98 valence electrons. The molecule has 0 unspecified atom stereocenters. The van der Waals surface area contributed by atoms with Crippen LogP contribution in [0.25, 0.3) is 0 Å². The van der Waals surface area contributed by atoms with Gasteiger partial charge >= 0.3 is 5.97 Å². The van der Waals surface area contributed by atoms with Crippen molar-refractivity contribution in [2.75, 3.05) is 0 Å². The average molecular weight is 332 g/mol. The van der Waals surface area contributed by atoms with Crippen LogP contribution < -0.4 is 5.32 Å². The van der Waals surface area contributed by atoms with Crippen LogP contribution in [0, 0.1) is 0 Å². The summed E-state index contributed by atoms with van der Waals surface area (Å²) in [5, 5.41) is 12.1. The van der Waals surface area contributed by atoms with E-state index in [2.05, 4.69) is 21.2 Å². The third kappa shape index (κ3) is 2.75. The Balaban J connectivity index is 2.14. The van der Waals surface area contributed by atoms with Crippen LogP contribution in [0.1, 0.15) is 41.8 Å². The molecule has 1 amide bonds. The summed E-state index contributed by atoms with van der Waals surface area (Å²) in [5.41, 5.74) is -1.08. The molecule has 2 rings (SSSR count). The smallest absolute Gasteiger partial charge is 0.329 e. The number of carbonyl (C=O) groups is 2. The highest BCUT2D eigenvalue weighted by Crippen LogP contribution is 2.30. The quantitative estimate of drug-likeness (QED) is 0.894. The van der Waals surface area contributed by atoms with E-state index in [-0.39, 0.29) is 5.91 Å². The first-order valence-corrected chi connectivity index (χ1v) is 7.46. The van der Waals surface area contributed by atoms with E-state index in [1.807, 2.05) is 0 Å². The maximum absolute atomic E-state index is 12.1. The van der Waals surface area contributed by atoms with Crippen molar-refractivity contribution in [3.8, 4) is 0 Å². The van der Waals surface area contributed by atoms with Crippen LogP contribution >= 0.6 is 27.3 Å². The molecule has 0 saturated heterocycles. The molecule has 1 aliphatic rings. The molecule has 0 aliphatic heterocycles. The second-order valence-electron chi connectivity index (χ2n) is 4.51. The van der Waals surface area contributed by atoms with Gasteiger partial charge in [0.15, 0.2) is 0 Å². The van der Waals surface area contributed by atoms with Crippen molar-refractivity contribution < 1.29 is 14.7 Å². The molecule has 6 heteroatoms. The van der Waals surface area contributed by atoms with Gasteiger partial charge in [-0.05, 0) is 40.9 Å². The molecule has 1 saturated carbocycles. The van der Waals surface area contributed by atoms with Gasteiger partial charge in [-0.25, -0.2) is 4.79 Å². The van der Waals surface area contributed by atoms with Gasteiger partial charge in [0.2, 0.25) is 0 Å². The molecule has 1 fully saturated rings. The van der Waals surface area contributed by atoms with Gasteiger partial charge in [-0.1, -0.05) is 19.3 Å². The van der Waals surface area contributed by atoms with Crippen molar-refractivity contribution in [3.05, 3.63) is 20.8 Å². The van der Waals surface area contributed by atoms with E-state index in [0.717, 1.165) is 23.0 Å². The molecular formula is C12H14BrNO3S. The van der Waals surface area contributed by atoms with E-state index >= 15 is 0 Å². The number of halogens is 1. The Hall–Kier alpha value is -0.880. The van der Waals surface area contributed by atoms with Gasteiger partial charge in [-0.2, -0.15) is 0 Å². The fourth-order valence-corrected chi connectivity index (χ4v) is 3.54. The minimum absolute atomic E-state index is 0.296. The number of hydrogen-bond acceptors (Lipinski definition) is 3. The molecule has 2 N–H and O–H groups in total. The summed E-state index contributed by atoms with van der Waals surface area (Å²) < 4.78 is 0.862. The second kappa shape index (κ2) is 5.40. The highest BCUT2D eigenvalue weighted by atomic mass is 79.9. The van der Waals surface area contributed by atoms with Crippen molar-refractivity contribution in [3.63, 3.8) is 0 Å². The Bertz CT molecular complexity index is 466.